The van der Waals surface area contributed by atoms with Crippen molar-refractivity contribution >= 4 is 59.7 Å². The van der Waals surface area contributed by atoms with Gasteiger partial charge in [0, 0.05) is 14.6 Å². The SMILES string of the molecule is Nc1ccc(Br)cc1Nc1ccc2cc(Br)ccc2c1. The summed E-state index contributed by atoms with van der Waals surface area (Å²) in [4.78, 5) is 0. The van der Waals surface area contributed by atoms with Gasteiger partial charge in [-0.05, 0) is 53.2 Å². The van der Waals surface area contributed by atoms with E-state index in [1.807, 2.05) is 24.3 Å². The van der Waals surface area contributed by atoms with Gasteiger partial charge in [0.1, 0.15) is 0 Å². The van der Waals surface area contributed by atoms with Crippen LogP contribution in [0.4, 0.5) is 17.1 Å². The van der Waals surface area contributed by atoms with Crippen LogP contribution in [0.3, 0.4) is 0 Å². The lowest BCUT2D eigenvalue weighted by Crippen LogP contribution is -1.96. The number of nitrogens with two attached hydrogens (primary N) is 1. The fraction of sp³-hybridized carbons (Fsp3) is 0. The maximum absolute atomic E-state index is 5.98. The van der Waals surface area contributed by atoms with Crippen LogP contribution in [0.5, 0.6) is 0 Å². The smallest absolute Gasteiger partial charge is 0.0629 e. The monoisotopic (exact) mass is 390 g/mol. The van der Waals surface area contributed by atoms with Gasteiger partial charge in [0.25, 0.3) is 0 Å². The van der Waals surface area contributed by atoms with E-state index in [9.17, 15) is 0 Å². The van der Waals surface area contributed by atoms with Gasteiger partial charge in [0.05, 0.1) is 11.4 Å². The van der Waals surface area contributed by atoms with Crippen molar-refractivity contribution in [1.82, 2.24) is 0 Å². The summed E-state index contributed by atoms with van der Waals surface area (Å²) in [7, 11) is 0. The van der Waals surface area contributed by atoms with Gasteiger partial charge in [-0.15, -0.1) is 0 Å². The molecule has 0 atom stereocenters. The summed E-state index contributed by atoms with van der Waals surface area (Å²) in [5, 5.41) is 5.74. The molecular weight excluding hydrogens is 380 g/mol. The van der Waals surface area contributed by atoms with E-state index in [-0.39, 0.29) is 0 Å². The Morgan fingerprint density at radius 3 is 2.25 bits per heavy atom. The minimum Gasteiger partial charge on any atom is -0.397 e. The van der Waals surface area contributed by atoms with E-state index in [0.29, 0.717) is 0 Å². The van der Waals surface area contributed by atoms with E-state index in [1.165, 1.54) is 10.8 Å². The van der Waals surface area contributed by atoms with E-state index in [2.05, 4.69) is 67.5 Å². The Bertz CT molecular complexity index is 785. The standard InChI is InChI=1S/C16H12Br2N2/c17-12-3-1-11-8-14(5-2-10(11)7-12)20-16-9-13(18)4-6-15(16)19/h1-9,20H,19H2. The van der Waals surface area contributed by atoms with Crippen LogP contribution in [0.15, 0.2) is 63.5 Å². The van der Waals surface area contributed by atoms with Crippen LogP contribution in [0, 0.1) is 0 Å². The van der Waals surface area contributed by atoms with E-state index >= 15 is 0 Å². The number of fused-ring (bicyclic) bond motifs is 1. The molecule has 3 aromatic rings. The van der Waals surface area contributed by atoms with E-state index in [0.717, 1.165) is 26.0 Å². The van der Waals surface area contributed by atoms with Crippen molar-refractivity contribution < 1.29 is 0 Å². The molecule has 100 valence electrons. The fourth-order valence-corrected chi connectivity index (χ4v) is 2.83. The summed E-state index contributed by atoms with van der Waals surface area (Å²) in [6, 6.07) is 18.3. The second-order valence-electron chi connectivity index (χ2n) is 4.56. The number of anilines is 3. The van der Waals surface area contributed by atoms with Crippen molar-refractivity contribution in [1.29, 1.82) is 0 Å². The molecule has 20 heavy (non-hydrogen) atoms. The quantitative estimate of drug-likeness (QED) is 0.550. The first-order chi connectivity index (χ1) is 9.61. The highest BCUT2D eigenvalue weighted by atomic mass is 79.9. The number of hydrogen-bond donors (Lipinski definition) is 2. The summed E-state index contributed by atoms with van der Waals surface area (Å²) in [5.74, 6) is 0. The topological polar surface area (TPSA) is 38.0 Å². The lowest BCUT2D eigenvalue weighted by Gasteiger charge is -2.11. The number of nitrogen functional groups attached to an aromatic ring is 1. The number of nitrogens with one attached hydrogen (secondary N) is 1. The van der Waals surface area contributed by atoms with Crippen LogP contribution >= 0.6 is 31.9 Å². The Morgan fingerprint density at radius 2 is 1.40 bits per heavy atom. The van der Waals surface area contributed by atoms with Gasteiger partial charge < -0.3 is 11.1 Å². The van der Waals surface area contributed by atoms with Crippen molar-refractivity contribution in [2.45, 2.75) is 0 Å². The molecule has 0 aliphatic carbocycles. The first-order valence-corrected chi connectivity index (χ1v) is 7.72. The van der Waals surface area contributed by atoms with Gasteiger partial charge in [0.15, 0.2) is 0 Å². The van der Waals surface area contributed by atoms with Gasteiger partial charge in [0.2, 0.25) is 0 Å². The molecule has 0 heterocycles. The van der Waals surface area contributed by atoms with Gasteiger partial charge >= 0.3 is 0 Å². The van der Waals surface area contributed by atoms with Gasteiger partial charge in [-0.3, -0.25) is 0 Å². The lowest BCUT2D eigenvalue weighted by atomic mass is 10.1. The maximum Gasteiger partial charge on any atom is 0.0629 e. The summed E-state index contributed by atoms with van der Waals surface area (Å²) in [5.41, 5.74) is 8.62. The highest BCUT2D eigenvalue weighted by Crippen LogP contribution is 2.29. The predicted molar refractivity (Wildman–Crippen MR) is 93.5 cm³/mol. The first-order valence-electron chi connectivity index (χ1n) is 6.13. The zero-order valence-electron chi connectivity index (χ0n) is 10.5. The minimum absolute atomic E-state index is 0.726. The maximum atomic E-state index is 5.98. The summed E-state index contributed by atoms with van der Waals surface area (Å²) < 4.78 is 2.08. The van der Waals surface area contributed by atoms with E-state index in [1.54, 1.807) is 0 Å². The van der Waals surface area contributed by atoms with Crippen LogP contribution in [-0.4, -0.2) is 0 Å². The molecule has 4 heteroatoms. The molecule has 0 unspecified atom stereocenters. The second kappa shape index (κ2) is 5.46. The molecule has 3 rings (SSSR count). The zero-order chi connectivity index (χ0) is 14.1. The molecule has 0 spiro atoms. The number of hydrogen-bond acceptors (Lipinski definition) is 2. The Balaban J connectivity index is 1.98. The summed E-state index contributed by atoms with van der Waals surface area (Å²) in [6.07, 6.45) is 0. The zero-order valence-corrected chi connectivity index (χ0v) is 13.7. The number of rotatable bonds is 2. The van der Waals surface area contributed by atoms with E-state index < -0.39 is 0 Å². The Kier molecular flexibility index (Phi) is 3.68. The molecular formula is C16H12Br2N2. The third-order valence-electron chi connectivity index (χ3n) is 3.10. The molecule has 0 aliphatic rings. The Morgan fingerprint density at radius 1 is 0.750 bits per heavy atom. The molecule has 0 aromatic heterocycles. The molecule has 0 amide bonds. The lowest BCUT2D eigenvalue weighted by molar-refractivity contribution is 1.54. The fourth-order valence-electron chi connectivity index (χ4n) is 2.09. The average molecular weight is 392 g/mol. The summed E-state index contributed by atoms with van der Waals surface area (Å²) >= 11 is 6.94. The second-order valence-corrected chi connectivity index (χ2v) is 6.39. The van der Waals surface area contributed by atoms with Gasteiger partial charge in [-0.1, -0.05) is 44.0 Å². The predicted octanol–water partition coefficient (Wildman–Crippen LogP) is 5.69. The normalized spacial score (nSPS) is 10.7. The molecule has 2 nitrogen and oxygen atoms in total. The molecule has 0 fully saturated rings. The van der Waals surface area contributed by atoms with Crippen molar-refractivity contribution in [2.24, 2.45) is 0 Å². The van der Waals surface area contributed by atoms with Crippen LogP contribution in [-0.2, 0) is 0 Å². The number of benzene rings is 3. The molecule has 0 bridgehead atoms. The Hall–Kier alpha value is -1.52. The Labute approximate surface area is 134 Å². The average Bonchev–Trinajstić information content (AvgIpc) is 2.43. The molecule has 0 radical (unpaired) electrons. The minimum atomic E-state index is 0.726. The van der Waals surface area contributed by atoms with Crippen molar-refractivity contribution in [2.75, 3.05) is 11.1 Å². The van der Waals surface area contributed by atoms with E-state index in [4.69, 9.17) is 5.73 Å². The number of halogens is 2. The van der Waals surface area contributed by atoms with Crippen molar-refractivity contribution in [3.05, 3.63) is 63.5 Å². The van der Waals surface area contributed by atoms with Crippen LogP contribution in [0.2, 0.25) is 0 Å². The van der Waals surface area contributed by atoms with Crippen LogP contribution < -0.4 is 11.1 Å². The highest BCUT2D eigenvalue weighted by Gasteiger charge is 2.02. The molecule has 3 aromatic carbocycles. The first kappa shape index (κ1) is 13.5. The third kappa shape index (κ3) is 2.81. The van der Waals surface area contributed by atoms with Gasteiger partial charge in [-0.25, -0.2) is 0 Å². The molecule has 0 aliphatic heterocycles. The molecule has 3 N–H and O–H groups in total. The largest absolute Gasteiger partial charge is 0.397 e. The van der Waals surface area contributed by atoms with Crippen LogP contribution in [0.25, 0.3) is 10.8 Å². The van der Waals surface area contributed by atoms with Crippen molar-refractivity contribution in [3.8, 4) is 0 Å². The molecule has 0 saturated carbocycles. The third-order valence-corrected chi connectivity index (χ3v) is 4.08. The highest BCUT2D eigenvalue weighted by molar-refractivity contribution is 9.10. The van der Waals surface area contributed by atoms with Crippen molar-refractivity contribution in [3.63, 3.8) is 0 Å². The van der Waals surface area contributed by atoms with Crippen LogP contribution in [0.1, 0.15) is 0 Å². The summed E-state index contributed by atoms with van der Waals surface area (Å²) in [6.45, 7) is 0. The molecule has 0 saturated heterocycles. The van der Waals surface area contributed by atoms with Gasteiger partial charge in [-0.2, -0.15) is 0 Å².